The molecule has 1 atom stereocenters. The molecular formula is C20H31NO3. The van der Waals surface area contributed by atoms with Gasteiger partial charge < -0.3 is 10.1 Å². The third kappa shape index (κ3) is 7.16. The Morgan fingerprint density at radius 2 is 1.58 bits per heavy atom. The van der Waals surface area contributed by atoms with Crippen molar-refractivity contribution in [3.8, 4) is 0 Å². The molecule has 0 aliphatic rings. The Bertz CT molecular complexity index is 519. The van der Waals surface area contributed by atoms with Gasteiger partial charge >= 0.3 is 5.97 Å². The molecule has 0 fully saturated rings. The van der Waals surface area contributed by atoms with Crippen molar-refractivity contribution < 1.29 is 14.3 Å². The van der Waals surface area contributed by atoms with Crippen LogP contribution in [0.5, 0.6) is 0 Å². The zero-order chi connectivity index (χ0) is 17.9. The first-order chi connectivity index (χ1) is 11.5. The highest BCUT2D eigenvalue weighted by atomic mass is 16.5. The van der Waals surface area contributed by atoms with Gasteiger partial charge in [0.1, 0.15) is 6.04 Å². The summed E-state index contributed by atoms with van der Waals surface area (Å²) in [6.07, 6.45) is 7.49. The largest absolute Gasteiger partial charge is 0.467 e. The molecule has 0 unspecified atom stereocenters. The highest BCUT2D eigenvalue weighted by Crippen LogP contribution is 2.12. The van der Waals surface area contributed by atoms with Crippen LogP contribution in [-0.4, -0.2) is 25.0 Å². The van der Waals surface area contributed by atoms with Crippen molar-refractivity contribution in [2.45, 2.75) is 71.8 Å². The van der Waals surface area contributed by atoms with Crippen LogP contribution in [0.1, 0.15) is 73.4 Å². The Labute approximate surface area is 146 Å². The number of methoxy groups -OCH3 is 1. The zero-order valence-corrected chi connectivity index (χ0v) is 15.5. The lowest BCUT2D eigenvalue weighted by Gasteiger charge is -2.17. The third-order valence-electron chi connectivity index (χ3n) is 4.12. The number of hydrogen-bond donors (Lipinski definition) is 1. The number of carbonyl (C=O) groups is 2. The van der Waals surface area contributed by atoms with Crippen molar-refractivity contribution in [2.75, 3.05) is 7.11 Å². The second-order valence-corrected chi connectivity index (χ2v) is 6.48. The maximum atomic E-state index is 12.4. The summed E-state index contributed by atoms with van der Waals surface area (Å²) in [7, 11) is 1.36. The van der Waals surface area contributed by atoms with Crippen LogP contribution in [0, 0.1) is 13.8 Å². The molecule has 1 N–H and O–H groups in total. The third-order valence-corrected chi connectivity index (χ3v) is 4.12. The van der Waals surface area contributed by atoms with Gasteiger partial charge in [-0.3, -0.25) is 4.79 Å². The Kier molecular flexibility index (Phi) is 9.13. The van der Waals surface area contributed by atoms with Gasteiger partial charge in [0.25, 0.3) is 5.91 Å². The van der Waals surface area contributed by atoms with E-state index in [1.54, 1.807) is 0 Å². The quantitative estimate of drug-likeness (QED) is 0.512. The lowest BCUT2D eigenvalue weighted by atomic mass is 10.0. The average Bonchev–Trinajstić information content (AvgIpc) is 2.55. The van der Waals surface area contributed by atoms with Gasteiger partial charge in [0.15, 0.2) is 0 Å². The highest BCUT2D eigenvalue weighted by molar-refractivity contribution is 5.97. The number of ether oxygens (including phenoxy) is 1. The van der Waals surface area contributed by atoms with Crippen molar-refractivity contribution in [3.05, 3.63) is 34.9 Å². The van der Waals surface area contributed by atoms with Crippen LogP contribution in [0.3, 0.4) is 0 Å². The summed E-state index contributed by atoms with van der Waals surface area (Å²) in [5.41, 5.74) is 2.65. The number of esters is 1. The summed E-state index contributed by atoms with van der Waals surface area (Å²) < 4.78 is 4.84. The fraction of sp³-hybridized carbons (Fsp3) is 0.600. The average molecular weight is 333 g/mol. The van der Waals surface area contributed by atoms with Crippen LogP contribution >= 0.6 is 0 Å². The van der Waals surface area contributed by atoms with Gasteiger partial charge in [-0.15, -0.1) is 0 Å². The van der Waals surface area contributed by atoms with E-state index in [1.807, 2.05) is 32.0 Å². The van der Waals surface area contributed by atoms with Gasteiger partial charge in [-0.2, -0.15) is 0 Å². The Balaban J connectivity index is 2.58. The van der Waals surface area contributed by atoms with Crippen LogP contribution in [0.2, 0.25) is 0 Å². The molecule has 0 saturated carbocycles. The number of rotatable bonds is 10. The second-order valence-electron chi connectivity index (χ2n) is 6.48. The smallest absolute Gasteiger partial charge is 0.328 e. The van der Waals surface area contributed by atoms with Gasteiger partial charge in [0, 0.05) is 5.56 Å². The molecule has 1 amide bonds. The zero-order valence-electron chi connectivity index (χ0n) is 15.5. The summed E-state index contributed by atoms with van der Waals surface area (Å²) in [6, 6.07) is 5.11. The minimum atomic E-state index is -0.575. The summed E-state index contributed by atoms with van der Waals surface area (Å²) in [5.74, 6) is -0.593. The number of hydrogen-bond acceptors (Lipinski definition) is 3. The molecule has 1 aromatic rings. The maximum absolute atomic E-state index is 12.4. The summed E-state index contributed by atoms with van der Waals surface area (Å²) >= 11 is 0. The minimum absolute atomic E-state index is 0.219. The normalized spacial score (nSPS) is 11.8. The maximum Gasteiger partial charge on any atom is 0.328 e. The predicted molar refractivity (Wildman–Crippen MR) is 97.2 cm³/mol. The highest BCUT2D eigenvalue weighted by Gasteiger charge is 2.21. The molecule has 24 heavy (non-hydrogen) atoms. The number of aryl methyl sites for hydroxylation is 2. The lowest BCUT2D eigenvalue weighted by molar-refractivity contribution is -0.143. The van der Waals surface area contributed by atoms with Crippen molar-refractivity contribution >= 4 is 11.9 Å². The first-order valence-electron chi connectivity index (χ1n) is 8.95. The first kappa shape index (κ1) is 20.2. The summed E-state index contributed by atoms with van der Waals surface area (Å²) in [5, 5.41) is 2.83. The Morgan fingerprint density at radius 1 is 1.00 bits per heavy atom. The summed E-state index contributed by atoms with van der Waals surface area (Å²) in [6.45, 7) is 6.10. The standard InChI is InChI=1S/C20H31NO3/c1-5-6-7-8-9-10-11-18(20(23)24-4)21-19(22)17-13-15(2)12-16(3)14-17/h12-14,18H,5-11H2,1-4H3,(H,21,22)/t18-/m0/s1. The topological polar surface area (TPSA) is 55.4 Å². The summed E-state index contributed by atoms with van der Waals surface area (Å²) in [4.78, 5) is 24.4. The molecular weight excluding hydrogens is 302 g/mol. The minimum Gasteiger partial charge on any atom is -0.467 e. The number of unbranched alkanes of at least 4 members (excludes halogenated alkanes) is 5. The van der Waals surface area contributed by atoms with E-state index in [2.05, 4.69) is 12.2 Å². The van der Waals surface area contributed by atoms with E-state index in [0.717, 1.165) is 24.0 Å². The van der Waals surface area contributed by atoms with Gasteiger partial charge in [-0.1, -0.05) is 62.6 Å². The molecule has 0 spiro atoms. The molecule has 0 saturated heterocycles. The lowest BCUT2D eigenvalue weighted by Crippen LogP contribution is -2.41. The Hall–Kier alpha value is -1.84. The fourth-order valence-corrected chi connectivity index (χ4v) is 2.87. The number of amides is 1. The molecule has 0 aliphatic heterocycles. The molecule has 4 heteroatoms. The molecule has 0 aromatic heterocycles. The molecule has 1 rings (SSSR count). The SMILES string of the molecule is CCCCCCCC[C@H](NC(=O)c1cc(C)cc(C)c1)C(=O)OC. The Morgan fingerprint density at radius 3 is 2.17 bits per heavy atom. The van der Waals surface area contributed by atoms with Gasteiger partial charge in [0.05, 0.1) is 7.11 Å². The van der Waals surface area contributed by atoms with Gasteiger partial charge in [0.2, 0.25) is 0 Å². The van der Waals surface area contributed by atoms with E-state index in [0.29, 0.717) is 12.0 Å². The van der Waals surface area contributed by atoms with Gasteiger partial charge in [-0.25, -0.2) is 4.79 Å². The number of carbonyl (C=O) groups excluding carboxylic acids is 2. The van der Waals surface area contributed by atoms with E-state index >= 15 is 0 Å². The monoisotopic (exact) mass is 333 g/mol. The van der Waals surface area contributed by atoms with Crippen LogP contribution in [-0.2, 0) is 9.53 Å². The van der Waals surface area contributed by atoms with E-state index in [1.165, 1.54) is 32.8 Å². The number of benzene rings is 1. The van der Waals surface area contributed by atoms with Crippen LogP contribution < -0.4 is 5.32 Å². The van der Waals surface area contributed by atoms with Crippen molar-refractivity contribution in [3.63, 3.8) is 0 Å². The van der Waals surface area contributed by atoms with E-state index in [9.17, 15) is 9.59 Å². The number of nitrogens with one attached hydrogen (secondary N) is 1. The molecule has 0 aliphatic carbocycles. The van der Waals surface area contributed by atoms with Gasteiger partial charge in [-0.05, 0) is 32.4 Å². The van der Waals surface area contributed by atoms with E-state index in [4.69, 9.17) is 4.74 Å². The first-order valence-corrected chi connectivity index (χ1v) is 8.95. The second kappa shape index (κ2) is 10.8. The van der Waals surface area contributed by atoms with Crippen LogP contribution in [0.4, 0.5) is 0 Å². The van der Waals surface area contributed by atoms with Crippen molar-refractivity contribution in [1.29, 1.82) is 0 Å². The molecule has 1 aromatic carbocycles. The predicted octanol–water partition coefficient (Wildman–Crippen LogP) is 4.33. The van der Waals surface area contributed by atoms with E-state index < -0.39 is 6.04 Å². The molecule has 134 valence electrons. The van der Waals surface area contributed by atoms with Crippen LogP contribution in [0.25, 0.3) is 0 Å². The van der Waals surface area contributed by atoms with Crippen molar-refractivity contribution in [1.82, 2.24) is 5.32 Å². The molecule has 0 radical (unpaired) electrons. The molecule has 0 bridgehead atoms. The molecule has 4 nitrogen and oxygen atoms in total. The fourth-order valence-electron chi connectivity index (χ4n) is 2.87. The van der Waals surface area contributed by atoms with Crippen LogP contribution in [0.15, 0.2) is 18.2 Å². The van der Waals surface area contributed by atoms with Crippen molar-refractivity contribution in [2.24, 2.45) is 0 Å². The van der Waals surface area contributed by atoms with E-state index in [-0.39, 0.29) is 11.9 Å². The molecule has 0 heterocycles.